The minimum absolute atomic E-state index is 0.102. The second-order valence-corrected chi connectivity index (χ2v) is 10.2. The minimum Gasteiger partial charge on any atom is -0.477 e. The van der Waals surface area contributed by atoms with Gasteiger partial charge in [-0.1, -0.05) is 16.9 Å². The maximum absolute atomic E-state index is 12.9. The number of carbonyl (C=O) groups excluding carboxylic acids is 2. The average Bonchev–Trinajstić information content (AvgIpc) is 3.28. The number of fused-ring (bicyclic) bond motifs is 1. The van der Waals surface area contributed by atoms with Crippen LogP contribution in [0, 0.1) is 0 Å². The van der Waals surface area contributed by atoms with Gasteiger partial charge in [-0.15, -0.1) is 28.2 Å². The first-order valence-corrected chi connectivity index (χ1v) is 12.9. The summed E-state index contributed by atoms with van der Waals surface area (Å²) in [4.78, 5) is 70.8. The van der Waals surface area contributed by atoms with Gasteiger partial charge in [0.15, 0.2) is 16.0 Å². The molecule has 15 nitrogen and oxygen atoms in total. The molecule has 2 aromatic rings. The van der Waals surface area contributed by atoms with Crippen molar-refractivity contribution in [3.8, 4) is 0 Å². The molecule has 4 heterocycles. The summed E-state index contributed by atoms with van der Waals surface area (Å²) in [5.41, 5.74) is 4.16. The number of nitrogen functional groups attached to an aromatic ring is 1. The lowest BCUT2D eigenvalue weighted by atomic mass is 10.0. The number of rotatable bonds is 8. The number of nitrogens with one attached hydrogen (secondary N) is 2. The number of hydrogen-bond acceptors (Lipinski definition) is 13. The largest absolute Gasteiger partial charge is 0.477 e. The lowest BCUT2D eigenvalue weighted by Gasteiger charge is -2.49. The van der Waals surface area contributed by atoms with Crippen LogP contribution in [0.25, 0.3) is 0 Å². The van der Waals surface area contributed by atoms with Crippen LogP contribution in [0.5, 0.6) is 0 Å². The first-order chi connectivity index (χ1) is 17.1. The first-order valence-electron chi connectivity index (χ1n) is 9.96. The van der Waals surface area contributed by atoms with Gasteiger partial charge in [-0.25, -0.2) is 14.9 Å². The molecule has 0 bridgehead atoms. The third-order valence-electron chi connectivity index (χ3n) is 5.11. The predicted molar refractivity (Wildman–Crippen MR) is 131 cm³/mol. The molecular formula is C18H18N8O7S3. The normalized spacial score (nSPS) is 19.6. The number of carboxylic acids is 1. The van der Waals surface area contributed by atoms with Gasteiger partial charge in [-0.3, -0.25) is 28.6 Å². The van der Waals surface area contributed by atoms with Crippen molar-refractivity contribution in [3.05, 3.63) is 43.1 Å². The van der Waals surface area contributed by atoms with Crippen molar-refractivity contribution in [3.63, 3.8) is 0 Å². The maximum Gasteiger partial charge on any atom is 0.352 e. The summed E-state index contributed by atoms with van der Waals surface area (Å²) in [7, 11) is 2.62. The number of aliphatic carboxylic acids is 1. The molecule has 0 saturated carbocycles. The van der Waals surface area contributed by atoms with Crippen LogP contribution in [-0.2, 0) is 26.3 Å². The van der Waals surface area contributed by atoms with Crippen LogP contribution in [0.3, 0.4) is 0 Å². The van der Waals surface area contributed by atoms with E-state index in [0.29, 0.717) is 5.57 Å². The van der Waals surface area contributed by atoms with Gasteiger partial charge in [0.25, 0.3) is 11.8 Å². The molecule has 2 amide bonds. The Morgan fingerprint density at radius 2 is 2.17 bits per heavy atom. The van der Waals surface area contributed by atoms with Gasteiger partial charge in [0.05, 0.1) is 0 Å². The zero-order valence-corrected chi connectivity index (χ0v) is 21.0. The number of carbonyl (C=O) groups is 3. The van der Waals surface area contributed by atoms with Crippen LogP contribution in [0.2, 0.25) is 0 Å². The van der Waals surface area contributed by atoms with E-state index in [1.54, 1.807) is 0 Å². The highest BCUT2D eigenvalue weighted by Gasteiger charge is 2.54. The zero-order chi connectivity index (χ0) is 26.1. The number of oxime groups is 1. The molecule has 4 rings (SSSR count). The van der Waals surface area contributed by atoms with Crippen molar-refractivity contribution in [2.45, 2.75) is 16.6 Å². The van der Waals surface area contributed by atoms with E-state index in [2.05, 4.69) is 25.7 Å². The number of nitrogens with zero attached hydrogens (tertiary/aromatic N) is 5. The number of amides is 2. The number of carboxylic acid groups (broad SMARTS) is 1. The number of thiazole rings is 1. The van der Waals surface area contributed by atoms with E-state index in [9.17, 15) is 29.1 Å². The summed E-state index contributed by atoms with van der Waals surface area (Å²) < 4.78 is 1.05. The summed E-state index contributed by atoms with van der Waals surface area (Å²) >= 11 is 3.41. The Hall–Kier alpha value is -3.64. The lowest BCUT2D eigenvalue weighted by Crippen LogP contribution is -2.71. The van der Waals surface area contributed by atoms with Gasteiger partial charge < -0.3 is 21.0 Å². The topological polar surface area (TPSA) is 215 Å². The molecule has 0 radical (unpaired) electrons. The molecule has 5 N–H and O–H groups in total. The molecule has 2 aliphatic rings. The number of H-pyrrole nitrogens is 1. The molecule has 1 saturated heterocycles. The van der Waals surface area contributed by atoms with E-state index in [1.165, 1.54) is 31.3 Å². The number of aromatic nitrogens is 4. The smallest absolute Gasteiger partial charge is 0.352 e. The van der Waals surface area contributed by atoms with Gasteiger partial charge in [0, 0.05) is 23.9 Å². The van der Waals surface area contributed by atoms with Gasteiger partial charge in [-0.05, 0) is 5.57 Å². The Morgan fingerprint density at radius 1 is 1.42 bits per heavy atom. The summed E-state index contributed by atoms with van der Waals surface area (Å²) in [6.45, 7) is 0. The number of aromatic amines is 1. The standard InChI is InChI=1S/C18H18N8O7S3/c1-25-14(30)12(28)22-23-18(25)36-4-6-3-34-15-9(13(29)26(15)10(6)16(31)32)21-11(27)8(24-33-2)7-5-35-17(19)20-7/h5,9,15H,3-4H2,1-2H3,(H2,19,20)(H,21,27)(H,22,28)(H,31,32)/t9?,15-/m0/s1. The summed E-state index contributed by atoms with van der Waals surface area (Å²) in [5, 5.41) is 23.2. The summed E-state index contributed by atoms with van der Waals surface area (Å²) in [6, 6.07) is -0.995. The molecule has 1 unspecified atom stereocenters. The van der Waals surface area contributed by atoms with Crippen LogP contribution >= 0.6 is 34.9 Å². The van der Waals surface area contributed by atoms with Gasteiger partial charge in [0.1, 0.15) is 29.9 Å². The van der Waals surface area contributed by atoms with E-state index < -0.39 is 40.3 Å². The van der Waals surface area contributed by atoms with E-state index in [0.717, 1.165) is 32.6 Å². The second kappa shape index (κ2) is 10.2. The Balaban J connectivity index is 1.51. The molecule has 2 aliphatic heterocycles. The lowest BCUT2D eigenvalue weighted by molar-refractivity contribution is -0.150. The molecule has 2 aromatic heterocycles. The minimum atomic E-state index is -1.31. The quantitative estimate of drug-likeness (QED) is 0.0953. The van der Waals surface area contributed by atoms with Crippen molar-refractivity contribution >= 4 is 63.5 Å². The fourth-order valence-electron chi connectivity index (χ4n) is 3.44. The number of β-lactam (4-membered cyclic amide) rings is 1. The highest BCUT2D eigenvalue weighted by atomic mass is 32.2. The molecule has 1 fully saturated rings. The van der Waals surface area contributed by atoms with Crippen LogP contribution in [-0.4, -0.2) is 83.3 Å². The average molecular weight is 555 g/mol. The number of thioether (sulfide) groups is 2. The van der Waals surface area contributed by atoms with Gasteiger partial charge in [0.2, 0.25) is 0 Å². The molecule has 0 aromatic carbocycles. The second-order valence-electron chi connectivity index (χ2n) is 7.30. The SMILES string of the molecule is CON=C(C(=O)NC1C(=O)N2C(C(=O)O)=C(CSc3n[nH]c(=O)c(=O)n3C)CS[C@@H]12)c1csc(N)n1. The van der Waals surface area contributed by atoms with Crippen LogP contribution < -0.4 is 22.2 Å². The molecule has 190 valence electrons. The fraction of sp³-hybridized carbons (Fsp3) is 0.333. The van der Waals surface area contributed by atoms with E-state index in [4.69, 9.17) is 10.6 Å². The molecule has 36 heavy (non-hydrogen) atoms. The van der Waals surface area contributed by atoms with E-state index in [-0.39, 0.29) is 38.9 Å². The maximum atomic E-state index is 12.9. The number of nitrogens with two attached hydrogens (primary N) is 1. The molecule has 2 atom stereocenters. The highest BCUT2D eigenvalue weighted by molar-refractivity contribution is 8.01. The van der Waals surface area contributed by atoms with Crippen molar-refractivity contribution in [1.82, 2.24) is 30.0 Å². The van der Waals surface area contributed by atoms with Crippen molar-refractivity contribution in [1.29, 1.82) is 0 Å². The van der Waals surface area contributed by atoms with Crippen molar-refractivity contribution < 1.29 is 24.3 Å². The van der Waals surface area contributed by atoms with Crippen LogP contribution in [0.1, 0.15) is 5.69 Å². The monoisotopic (exact) mass is 554 g/mol. The predicted octanol–water partition coefficient (Wildman–Crippen LogP) is -1.61. The Kier molecular flexibility index (Phi) is 7.18. The van der Waals surface area contributed by atoms with E-state index >= 15 is 0 Å². The van der Waals surface area contributed by atoms with Gasteiger partial charge >= 0.3 is 17.1 Å². The third-order valence-corrected chi connectivity index (χ3v) is 8.24. The van der Waals surface area contributed by atoms with Crippen molar-refractivity contribution in [2.24, 2.45) is 12.2 Å². The molecular weight excluding hydrogens is 536 g/mol. The number of hydrogen-bond donors (Lipinski definition) is 4. The zero-order valence-electron chi connectivity index (χ0n) is 18.6. The Bertz CT molecular complexity index is 1430. The fourth-order valence-corrected chi connectivity index (χ4v) is 6.39. The first kappa shape index (κ1) is 25.5. The van der Waals surface area contributed by atoms with Crippen LogP contribution in [0.15, 0.2) is 36.6 Å². The Labute approximate surface area is 213 Å². The molecule has 0 spiro atoms. The van der Waals surface area contributed by atoms with Gasteiger partial charge in [-0.2, -0.15) is 0 Å². The van der Waals surface area contributed by atoms with Crippen LogP contribution in [0.4, 0.5) is 5.13 Å². The number of anilines is 1. The highest BCUT2D eigenvalue weighted by Crippen LogP contribution is 2.41. The van der Waals surface area contributed by atoms with Crippen molar-refractivity contribution in [2.75, 3.05) is 24.3 Å². The Morgan fingerprint density at radius 3 is 2.81 bits per heavy atom. The summed E-state index contributed by atoms with van der Waals surface area (Å²) in [6.07, 6.45) is 0. The molecule has 0 aliphatic carbocycles. The van der Waals surface area contributed by atoms with E-state index in [1.807, 2.05) is 0 Å². The molecule has 18 heteroatoms. The summed E-state index contributed by atoms with van der Waals surface area (Å²) in [5.74, 6) is -2.30. The third kappa shape index (κ3) is 4.61.